The summed E-state index contributed by atoms with van der Waals surface area (Å²) in [5.41, 5.74) is 1.26. The summed E-state index contributed by atoms with van der Waals surface area (Å²) in [4.78, 5) is 3.20. The Morgan fingerprint density at radius 3 is 2.64 bits per heavy atom. The average Bonchev–Trinajstić information content (AvgIpc) is 2.98. The highest BCUT2D eigenvalue weighted by Gasteiger charge is 2.35. The molecule has 0 saturated heterocycles. The normalized spacial score (nSPS) is 13.2. The number of benzene rings is 2. The molecule has 3 rings (SSSR count). The van der Waals surface area contributed by atoms with Gasteiger partial charge in [0.25, 0.3) is 0 Å². The Bertz CT molecular complexity index is 901. The van der Waals surface area contributed by atoms with Crippen LogP contribution in [0.2, 0.25) is 0 Å². The molecule has 0 bridgehead atoms. The number of fused-ring (bicyclic) bond motifs is 1. The number of hydrogen-bond donors (Lipinski definition) is 1. The van der Waals surface area contributed by atoms with Crippen molar-refractivity contribution >= 4 is 26.8 Å². The second kappa shape index (κ2) is 6.75. The van der Waals surface area contributed by atoms with Gasteiger partial charge in [0.15, 0.2) is 5.75 Å². The first kappa shape index (κ1) is 17.9. The standard InChI is InChI=1S/C19H17BrF3NO/c1-3-11(2)14-10-24-17-8-7-12(9-13(14)17)25-18-15(19(21,22)23)5-4-6-16(18)20/h4-11,24H,3H2,1-2H3. The van der Waals surface area contributed by atoms with Crippen LogP contribution in [0.1, 0.15) is 37.3 Å². The fourth-order valence-corrected chi connectivity index (χ4v) is 3.21. The van der Waals surface area contributed by atoms with Crippen molar-refractivity contribution in [3.8, 4) is 11.5 Å². The molecule has 0 radical (unpaired) electrons. The third-order valence-corrected chi connectivity index (χ3v) is 4.95. The lowest BCUT2D eigenvalue weighted by Crippen LogP contribution is -2.07. The molecule has 0 fully saturated rings. The van der Waals surface area contributed by atoms with Gasteiger partial charge >= 0.3 is 6.18 Å². The lowest BCUT2D eigenvalue weighted by Gasteiger charge is -2.15. The predicted molar refractivity (Wildman–Crippen MR) is 96.2 cm³/mol. The summed E-state index contributed by atoms with van der Waals surface area (Å²) in [6, 6.07) is 9.16. The van der Waals surface area contributed by atoms with Gasteiger partial charge in [0, 0.05) is 17.1 Å². The highest BCUT2D eigenvalue weighted by molar-refractivity contribution is 9.10. The van der Waals surface area contributed by atoms with Crippen molar-refractivity contribution in [1.29, 1.82) is 0 Å². The predicted octanol–water partition coefficient (Wildman–Crippen LogP) is 7.26. The van der Waals surface area contributed by atoms with E-state index < -0.39 is 11.7 Å². The number of ether oxygens (including phenoxy) is 1. The van der Waals surface area contributed by atoms with E-state index in [4.69, 9.17) is 4.74 Å². The van der Waals surface area contributed by atoms with Crippen LogP contribution < -0.4 is 4.74 Å². The average molecular weight is 412 g/mol. The van der Waals surface area contributed by atoms with Crippen LogP contribution in [0.5, 0.6) is 11.5 Å². The molecule has 1 unspecified atom stereocenters. The maximum atomic E-state index is 13.2. The van der Waals surface area contributed by atoms with E-state index in [1.807, 2.05) is 12.3 Å². The molecule has 1 atom stereocenters. The van der Waals surface area contributed by atoms with Gasteiger partial charge in [-0.25, -0.2) is 0 Å². The van der Waals surface area contributed by atoms with Crippen molar-refractivity contribution in [2.75, 3.05) is 0 Å². The molecule has 132 valence electrons. The number of alkyl halides is 3. The van der Waals surface area contributed by atoms with Gasteiger partial charge in [-0.05, 0) is 64.2 Å². The van der Waals surface area contributed by atoms with Crippen molar-refractivity contribution in [1.82, 2.24) is 4.98 Å². The van der Waals surface area contributed by atoms with E-state index in [0.29, 0.717) is 11.7 Å². The second-order valence-corrected chi connectivity index (χ2v) is 6.83. The number of aromatic amines is 1. The molecule has 1 heterocycles. The largest absolute Gasteiger partial charge is 0.456 e. The number of nitrogens with one attached hydrogen (secondary N) is 1. The van der Waals surface area contributed by atoms with E-state index in [9.17, 15) is 13.2 Å². The Morgan fingerprint density at radius 1 is 1.20 bits per heavy atom. The SMILES string of the molecule is CCC(C)c1c[nH]c2ccc(Oc3c(Br)cccc3C(F)(F)F)cc12. The first-order valence-electron chi connectivity index (χ1n) is 7.95. The minimum absolute atomic E-state index is 0.227. The van der Waals surface area contributed by atoms with Crippen molar-refractivity contribution < 1.29 is 17.9 Å². The molecule has 6 heteroatoms. The third kappa shape index (κ3) is 3.54. The summed E-state index contributed by atoms with van der Waals surface area (Å²) < 4.78 is 45.6. The Hall–Kier alpha value is -1.95. The zero-order chi connectivity index (χ0) is 18.2. The van der Waals surface area contributed by atoms with E-state index in [0.717, 1.165) is 29.0 Å². The Kier molecular flexibility index (Phi) is 4.82. The van der Waals surface area contributed by atoms with Crippen LogP contribution in [0.4, 0.5) is 13.2 Å². The van der Waals surface area contributed by atoms with Crippen LogP contribution in [-0.2, 0) is 6.18 Å². The van der Waals surface area contributed by atoms with Gasteiger partial charge in [-0.15, -0.1) is 0 Å². The van der Waals surface area contributed by atoms with Gasteiger partial charge in [-0.3, -0.25) is 0 Å². The number of hydrogen-bond acceptors (Lipinski definition) is 1. The molecular formula is C19H17BrF3NO. The molecule has 0 spiro atoms. The van der Waals surface area contributed by atoms with E-state index >= 15 is 0 Å². The maximum Gasteiger partial charge on any atom is 0.420 e. The fourth-order valence-electron chi connectivity index (χ4n) is 2.77. The molecule has 3 aromatic rings. The summed E-state index contributed by atoms with van der Waals surface area (Å²) in [5, 5.41) is 0.965. The fraction of sp³-hybridized carbons (Fsp3) is 0.263. The number of aromatic nitrogens is 1. The monoisotopic (exact) mass is 411 g/mol. The quantitative estimate of drug-likeness (QED) is 0.480. The van der Waals surface area contributed by atoms with Crippen LogP contribution in [0.15, 0.2) is 47.1 Å². The van der Waals surface area contributed by atoms with Crippen molar-refractivity contribution in [3.63, 3.8) is 0 Å². The molecule has 0 saturated carbocycles. The molecule has 0 aliphatic heterocycles. The molecule has 1 N–H and O–H groups in total. The summed E-state index contributed by atoms with van der Waals surface area (Å²) in [6.45, 7) is 4.21. The molecule has 25 heavy (non-hydrogen) atoms. The van der Waals surface area contributed by atoms with Crippen LogP contribution in [0.25, 0.3) is 10.9 Å². The molecule has 0 amide bonds. The smallest absolute Gasteiger partial charge is 0.420 e. The van der Waals surface area contributed by atoms with Gasteiger partial charge in [0.2, 0.25) is 0 Å². The summed E-state index contributed by atoms with van der Waals surface area (Å²) >= 11 is 3.16. The molecule has 0 aliphatic rings. The van der Waals surface area contributed by atoms with Crippen LogP contribution in [0.3, 0.4) is 0 Å². The van der Waals surface area contributed by atoms with E-state index in [1.54, 1.807) is 12.1 Å². The molecular weight excluding hydrogens is 395 g/mol. The van der Waals surface area contributed by atoms with Crippen LogP contribution in [-0.4, -0.2) is 4.98 Å². The van der Waals surface area contributed by atoms with E-state index in [1.165, 1.54) is 12.1 Å². The Balaban J connectivity index is 2.05. The topological polar surface area (TPSA) is 25.0 Å². The van der Waals surface area contributed by atoms with Gasteiger partial charge in [0.1, 0.15) is 5.75 Å². The van der Waals surface area contributed by atoms with Gasteiger partial charge in [0.05, 0.1) is 10.0 Å². The van der Waals surface area contributed by atoms with Gasteiger partial charge in [-0.2, -0.15) is 13.2 Å². The minimum Gasteiger partial charge on any atom is -0.456 e. The van der Waals surface area contributed by atoms with Crippen molar-refractivity contribution in [3.05, 3.63) is 58.2 Å². The third-order valence-electron chi connectivity index (χ3n) is 4.32. The highest BCUT2D eigenvalue weighted by atomic mass is 79.9. The molecule has 0 aliphatic carbocycles. The number of halogens is 4. The second-order valence-electron chi connectivity index (χ2n) is 5.98. The summed E-state index contributed by atoms with van der Waals surface area (Å²) in [5.74, 6) is 0.488. The molecule has 2 nitrogen and oxygen atoms in total. The first-order chi connectivity index (χ1) is 11.8. The number of H-pyrrole nitrogens is 1. The summed E-state index contributed by atoms with van der Waals surface area (Å²) in [6.07, 6.45) is -1.57. The highest BCUT2D eigenvalue weighted by Crippen LogP contribution is 2.42. The van der Waals surface area contributed by atoms with Crippen molar-refractivity contribution in [2.45, 2.75) is 32.4 Å². The van der Waals surface area contributed by atoms with Crippen LogP contribution in [0, 0.1) is 0 Å². The van der Waals surface area contributed by atoms with E-state index in [-0.39, 0.29) is 10.2 Å². The van der Waals surface area contributed by atoms with E-state index in [2.05, 4.69) is 34.8 Å². The first-order valence-corrected chi connectivity index (χ1v) is 8.75. The van der Waals surface area contributed by atoms with Crippen molar-refractivity contribution in [2.24, 2.45) is 0 Å². The Labute approximate surface area is 152 Å². The van der Waals surface area contributed by atoms with Gasteiger partial charge < -0.3 is 9.72 Å². The minimum atomic E-state index is -4.49. The lowest BCUT2D eigenvalue weighted by molar-refractivity contribution is -0.138. The van der Waals surface area contributed by atoms with Gasteiger partial charge in [-0.1, -0.05) is 19.9 Å². The Morgan fingerprint density at radius 2 is 1.96 bits per heavy atom. The zero-order valence-electron chi connectivity index (χ0n) is 13.7. The zero-order valence-corrected chi connectivity index (χ0v) is 15.3. The number of rotatable bonds is 4. The number of para-hydroxylation sites is 1. The molecule has 1 aromatic heterocycles. The summed E-state index contributed by atoms with van der Waals surface area (Å²) in [7, 11) is 0. The maximum absolute atomic E-state index is 13.2. The van der Waals surface area contributed by atoms with Crippen LogP contribution >= 0.6 is 15.9 Å². The lowest BCUT2D eigenvalue weighted by atomic mass is 9.98. The molecule has 2 aromatic carbocycles.